The molecule has 2 N–H and O–H groups in total. The van der Waals surface area contributed by atoms with Crippen LogP contribution in [-0.4, -0.2) is 40.0 Å². The second kappa shape index (κ2) is 10.2. The van der Waals surface area contributed by atoms with Gasteiger partial charge in [-0.3, -0.25) is 0 Å². The molecule has 3 rings (SSSR count). The first kappa shape index (κ1) is 21.1. The Labute approximate surface area is 175 Å². The molecule has 0 amide bonds. The summed E-state index contributed by atoms with van der Waals surface area (Å²) in [4.78, 5) is 6.00. The van der Waals surface area contributed by atoms with Crippen LogP contribution in [0.5, 0.6) is 0 Å². The summed E-state index contributed by atoms with van der Waals surface area (Å²) in [5, 5.41) is 17.2. The molecule has 0 radical (unpaired) electrons. The summed E-state index contributed by atoms with van der Waals surface area (Å²) >= 11 is 1.76. The first-order chi connectivity index (χ1) is 12.1. The van der Waals surface area contributed by atoms with Crippen LogP contribution in [0.4, 0.5) is 0 Å². The van der Waals surface area contributed by atoms with E-state index in [2.05, 4.69) is 44.2 Å². The average Bonchev–Trinajstić information content (AvgIpc) is 3.33. The van der Waals surface area contributed by atoms with Crippen LogP contribution in [0.25, 0.3) is 0 Å². The fourth-order valence-corrected chi connectivity index (χ4v) is 3.52. The van der Waals surface area contributed by atoms with Gasteiger partial charge in [0, 0.05) is 25.1 Å². The van der Waals surface area contributed by atoms with Crippen LogP contribution in [0.3, 0.4) is 0 Å². The van der Waals surface area contributed by atoms with Crippen molar-refractivity contribution in [3.05, 3.63) is 33.5 Å². The van der Waals surface area contributed by atoms with Gasteiger partial charge in [0.05, 0.1) is 12.6 Å². The monoisotopic (exact) mass is 490 g/mol. The molecule has 0 spiro atoms. The fourth-order valence-electron chi connectivity index (χ4n) is 2.68. The van der Waals surface area contributed by atoms with E-state index in [4.69, 9.17) is 4.74 Å². The van der Waals surface area contributed by atoms with E-state index < -0.39 is 0 Å². The van der Waals surface area contributed by atoms with Gasteiger partial charge < -0.3 is 19.9 Å². The number of hydrogen-bond donors (Lipinski definition) is 2. The molecule has 9 heteroatoms. The van der Waals surface area contributed by atoms with Gasteiger partial charge in [-0.05, 0) is 43.7 Å². The molecule has 1 unspecified atom stereocenters. The van der Waals surface area contributed by atoms with E-state index in [1.54, 1.807) is 11.3 Å². The highest BCUT2D eigenvalue weighted by molar-refractivity contribution is 14.0. The Balaban J connectivity index is 0.00000243. The molecule has 2 aromatic heterocycles. The van der Waals surface area contributed by atoms with Crippen molar-refractivity contribution >= 4 is 41.3 Å². The van der Waals surface area contributed by atoms with Crippen molar-refractivity contribution in [3.63, 3.8) is 0 Å². The zero-order valence-electron chi connectivity index (χ0n) is 15.5. The lowest BCUT2D eigenvalue weighted by molar-refractivity contribution is 0.114. The summed E-state index contributed by atoms with van der Waals surface area (Å²) in [6, 6.07) is 2.14. The van der Waals surface area contributed by atoms with Crippen LogP contribution >= 0.6 is 35.3 Å². The number of ether oxygens (including phenoxy) is 1. The predicted octanol–water partition coefficient (Wildman–Crippen LogP) is 2.53. The second-order valence-electron chi connectivity index (χ2n) is 6.28. The van der Waals surface area contributed by atoms with Crippen LogP contribution in [0.15, 0.2) is 16.4 Å². The number of hydrogen-bond acceptors (Lipinski definition) is 5. The molecule has 1 atom stereocenters. The van der Waals surface area contributed by atoms with Crippen molar-refractivity contribution in [2.45, 2.75) is 45.9 Å². The molecule has 1 aliphatic rings. The molecule has 1 fully saturated rings. The molecule has 0 bridgehead atoms. The van der Waals surface area contributed by atoms with Gasteiger partial charge >= 0.3 is 0 Å². The van der Waals surface area contributed by atoms with E-state index in [1.807, 2.05) is 18.5 Å². The maximum absolute atomic E-state index is 5.69. The van der Waals surface area contributed by atoms with E-state index in [-0.39, 0.29) is 30.1 Å². The lowest BCUT2D eigenvalue weighted by Crippen LogP contribution is -2.40. The highest BCUT2D eigenvalue weighted by Gasteiger charge is 2.16. The normalized spacial score (nSPS) is 17.2. The van der Waals surface area contributed by atoms with Crippen molar-refractivity contribution in [2.24, 2.45) is 12.0 Å². The predicted molar refractivity (Wildman–Crippen MR) is 115 cm³/mol. The van der Waals surface area contributed by atoms with Crippen LogP contribution in [0.1, 0.15) is 34.9 Å². The van der Waals surface area contributed by atoms with Gasteiger partial charge in [-0.25, -0.2) is 4.99 Å². The molecule has 0 aromatic carbocycles. The van der Waals surface area contributed by atoms with E-state index >= 15 is 0 Å². The van der Waals surface area contributed by atoms with Gasteiger partial charge in [0.1, 0.15) is 12.4 Å². The molecule has 3 heterocycles. The minimum Gasteiger partial charge on any atom is -0.376 e. The molecular formula is C17H27IN6OS. The minimum atomic E-state index is 0. The van der Waals surface area contributed by atoms with Crippen LogP contribution in [-0.2, 0) is 24.9 Å². The van der Waals surface area contributed by atoms with Crippen molar-refractivity contribution in [3.8, 4) is 0 Å². The molecule has 0 aliphatic carbocycles. The number of aryl methyl sites for hydroxylation is 2. The SMILES string of the molecule is Cc1ccsc1CNC(=NCc1nnc(C)n1C)NCC1CCCO1.I. The summed E-state index contributed by atoms with van der Waals surface area (Å²) in [5.41, 5.74) is 1.31. The van der Waals surface area contributed by atoms with Gasteiger partial charge in [0.2, 0.25) is 0 Å². The topological polar surface area (TPSA) is 76.4 Å². The zero-order chi connectivity index (χ0) is 17.6. The Hall–Kier alpha value is -1.20. The molecule has 7 nitrogen and oxygen atoms in total. The van der Waals surface area contributed by atoms with E-state index in [1.165, 1.54) is 10.4 Å². The summed E-state index contributed by atoms with van der Waals surface area (Å²) < 4.78 is 7.65. The van der Waals surface area contributed by atoms with Crippen LogP contribution in [0.2, 0.25) is 0 Å². The second-order valence-corrected chi connectivity index (χ2v) is 7.28. The van der Waals surface area contributed by atoms with E-state index in [0.29, 0.717) is 6.54 Å². The Bertz CT molecular complexity index is 723. The quantitative estimate of drug-likeness (QED) is 0.370. The number of halogens is 1. The third-order valence-corrected chi connectivity index (χ3v) is 5.49. The van der Waals surface area contributed by atoms with Gasteiger partial charge in [-0.15, -0.1) is 45.5 Å². The maximum Gasteiger partial charge on any atom is 0.192 e. The first-order valence-electron chi connectivity index (χ1n) is 8.65. The average molecular weight is 490 g/mol. The Morgan fingerprint density at radius 1 is 1.38 bits per heavy atom. The molecule has 26 heavy (non-hydrogen) atoms. The van der Waals surface area contributed by atoms with Gasteiger partial charge in [0.25, 0.3) is 0 Å². The molecule has 1 saturated heterocycles. The number of nitrogens with zero attached hydrogens (tertiary/aromatic N) is 4. The molecule has 2 aromatic rings. The van der Waals surface area contributed by atoms with Crippen molar-refractivity contribution in [1.82, 2.24) is 25.4 Å². The van der Waals surface area contributed by atoms with Crippen LogP contribution in [0, 0.1) is 13.8 Å². The minimum absolute atomic E-state index is 0. The summed E-state index contributed by atoms with van der Waals surface area (Å²) in [6.45, 7) is 6.95. The van der Waals surface area contributed by atoms with Gasteiger partial charge in [0.15, 0.2) is 11.8 Å². The Kier molecular flexibility index (Phi) is 8.29. The maximum atomic E-state index is 5.69. The molecule has 144 valence electrons. The number of guanidine groups is 1. The Morgan fingerprint density at radius 2 is 2.23 bits per heavy atom. The lowest BCUT2D eigenvalue weighted by atomic mass is 10.2. The van der Waals surface area contributed by atoms with Crippen LogP contribution < -0.4 is 10.6 Å². The number of nitrogens with one attached hydrogen (secondary N) is 2. The number of aliphatic imine (C=N–C) groups is 1. The highest BCUT2D eigenvalue weighted by Crippen LogP contribution is 2.15. The molecular weight excluding hydrogens is 463 g/mol. The highest BCUT2D eigenvalue weighted by atomic mass is 127. The zero-order valence-corrected chi connectivity index (χ0v) is 18.6. The standard InChI is InChI=1S/C17H26N6OS.HI/c1-12-6-8-25-15(12)10-19-17(18-9-14-5-4-7-24-14)20-11-16-22-21-13(2)23(16)3;/h6,8,14H,4-5,7,9-11H2,1-3H3,(H2,18,19,20);1H. The number of aromatic nitrogens is 3. The third-order valence-electron chi connectivity index (χ3n) is 4.47. The first-order valence-corrected chi connectivity index (χ1v) is 9.53. The third kappa shape index (κ3) is 5.65. The molecule has 0 saturated carbocycles. The van der Waals surface area contributed by atoms with E-state index in [0.717, 1.165) is 50.1 Å². The summed E-state index contributed by atoms with van der Waals surface area (Å²) in [7, 11) is 1.96. The van der Waals surface area contributed by atoms with Gasteiger partial charge in [-0.2, -0.15) is 0 Å². The van der Waals surface area contributed by atoms with Crippen molar-refractivity contribution in [2.75, 3.05) is 13.2 Å². The van der Waals surface area contributed by atoms with Gasteiger partial charge in [-0.1, -0.05) is 0 Å². The molecule has 1 aliphatic heterocycles. The lowest BCUT2D eigenvalue weighted by Gasteiger charge is -2.15. The van der Waals surface area contributed by atoms with Crippen molar-refractivity contribution in [1.29, 1.82) is 0 Å². The van der Waals surface area contributed by atoms with Crippen molar-refractivity contribution < 1.29 is 4.74 Å². The smallest absolute Gasteiger partial charge is 0.192 e. The number of rotatable bonds is 6. The largest absolute Gasteiger partial charge is 0.376 e. The number of thiophene rings is 1. The summed E-state index contributed by atoms with van der Waals surface area (Å²) in [6.07, 6.45) is 2.51. The fraction of sp³-hybridized carbons (Fsp3) is 0.588. The Morgan fingerprint density at radius 3 is 2.85 bits per heavy atom. The summed E-state index contributed by atoms with van der Waals surface area (Å²) in [5.74, 6) is 2.52. The van der Waals surface area contributed by atoms with E-state index in [9.17, 15) is 0 Å².